The molecule has 4 heteroatoms. The standard InChI is InChI=1S/C13H16O4/c1-4-17-11-6-5-10(8-12(11)16-3)7-9(2)13(14)15/h5-8H,4H2,1-3H3,(H,14,15). The topological polar surface area (TPSA) is 55.8 Å². The molecule has 1 aromatic carbocycles. The summed E-state index contributed by atoms with van der Waals surface area (Å²) in [6.07, 6.45) is 1.58. The summed E-state index contributed by atoms with van der Waals surface area (Å²) in [4.78, 5) is 10.7. The lowest BCUT2D eigenvalue weighted by Gasteiger charge is -2.09. The first-order valence-electron chi connectivity index (χ1n) is 5.31. The number of aliphatic carboxylic acids is 1. The number of benzene rings is 1. The highest BCUT2D eigenvalue weighted by Crippen LogP contribution is 2.28. The summed E-state index contributed by atoms with van der Waals surface area (Å²) < 4.78 is 10.6. The van der Waals surface area contributed by atoms with Crippen LogP contribution >= 0.6 is 0 Å². The maximum absolute atomic E-state index is 10.7. The van der Waals surface area contributed by atoms with Gasteiger partial charge in [-0.25, -0.2) is 4.79 Å². The molecule has 1 N–H and O–H groups in total. The fourth-order valence-corrected chi connectivity index (χ4v) is 1.36. The van der Waals surface area contributed by atoms with Crippen molar-refractivity contribution in [3.8, 4) is 11.5 Å². The Kier molecular flexibility index (Phi) is 4.57. The third-order valence-electron chi connectivity index (χ3n) is 2.21. The Balaban J connectivity index is 3.05. The molecular weight excluding hydrogens is 220 g/mol. The fraction of sp³-hybridized carbons (Fsp3) is 0.308. The molecule has 0 bridgehead atoms. The second kappa shape index (κ2) is 5.94. The Labute approximate surface area is 100 Å². The maximum Gasteiger partial charge on any atom is 0.331 e. The van der Waals surface area contributed by atoms with Gasteiger partial charge in [-0.05, 0) is 37.6 Å². The highest BCUT2D eigenvalue weighted by Gasteiger charge is 2.05. The van der Waals surface area contributed by atoms with Gasteiger partial charge in [0.05, 0.1) is 13.7 Å². The van der Waals surface area contributed by atoms with Crippen LogP contribution in [0.2, 0.25) is 0 Å². The van der Waals surface area contributed by atoms with Crippen molar-refractivity contribution in [3.05, 3.63) is 29.3 Å². The lowest BCUT2D eigenvalue weighted by molar-refractivity contribution is -0.132. The largest absolute Gasteiger partial charge is 0.493 e. The molecule has 0 aliphatic heterocycles. The summed E-state index contributed by atoms with van der Waals surface area (Å²) >= 11 is 0. The van der Waals surface area contributed by atoms with Crippen molar-refractivity contribution in [2.45, 2.75) is 13.8 Å². The van der Waals surface area contributed by atoms with Crippen molar-refractivity contribution in [1.29, 1.82) is 0 Å². The summed E-state index contributed by atoms with van der Waals surface area (Å²) in [6.45, 7) is 3.99. The minimum Gasteiger partial charge on any atom is -0.493 e. The monoisotopic (exact) mass is 236 g/mol. The molecule has 17 heavy (non-hydrogen) atoms. The van der Waals surface area contributed by atoms with Gasteiger partial charge < -0.3 is 14.6 Å². The molecule has 0 fully saturated rings. The van der Waals surface area contributed by atoms with Crippen LogP contribution in [0.25, 0.3) is 6.08 Å². The minimum absolute atomic E-state index is 0.274. The molecule has 0 aliphatic rings. The molecule has 0 aromatic heterocycles. The van der Waals surface area contributed by atoms with E-state index in [0.29, 0.717) is 18.1 Å². The molecule has 1 rings (SSSR count). The van der Waals surface area contributed by atoms with Crippen LogP contribution in [-0.4, -0.2) is 24.8 Å². The van der Waals surface area contributed by atoms with Crippen LogP contribution in [-0.2, 0) is 4.79 Å². The zero-order valence-electron chi connectivity index (χ0n) is 10.2. The molecule has 1 aromatic rings. The highest BCUT2D eigenvalue weighted by atomic mass is 16.5. The van der Waals surface area contributed by atoms with Crippen LogP contribution in [0.1, 0.15) is 19.4 Å². The zero-order chi connectivity index (χ0) is 12.8. The van der Waals surface area contributed by atoms with Crippen molar-refractivity contribution in [3.63, 3.8) is 0 Å². The quantitative estimate of drug-likeness (QED) is 0.798. The van der Waals surface area contributed by atoms with E-state index in [1.54, 1.807) is 38.3 Å². The smallest absolute Gasteiger partial charge is 0.331 e. The maximum atomic E-state index is 10.7. The third-order valence-corrected chi connectivity index (χ3v) is 2.21. The van der Waals surface area contributed by atoms with E-state index in [9.17, 15) is 4.79 Å². The van der Waals surface area contributed by atoms with Crippen LogP contribution in [0.15, 0.2) is 23.8 Å². The molecule has 0 atom stereocenters. The second-order valence-electron chi connectivity index (χ2n) is 3.48. The minimum atomic E-state index is -0.933. The molecule has 4 nitrogen and oxygen atoms in total. The summed E-state index contributed by atoms with van der Waals surface area (Å²) in [5.41, 5.74) is 1.04. The predicted molar refractivity (Wildman–Crippen MR) is 65.4 cm³/mol. The van der Waals surface area contributed by atoms with Gasteiger partial charge in [-0.2, -0.15) is 0 Å². The van der Waals surface area contributed by atoms with Gasteiger partial charge in [0.1, 0.15) is 0 Å². The molecular formula is C13H16O4. The van der Waals surface area contributed by atoms with Crippen molar-refractivity contribution in [2.75, 3.05) is 13.7 Å². The van der Waals surface area contributed by atoms with Crippen LogP contribution < -0.4 is 9.47 Å². The van der Waals surface area contributed by atoms with Gasteiger partial charge in [0.2, 0.25) is 0 Å². The van der Waals surface area contributed by atoms with Crippen molar-refractivity contribution >= 4 is 12.0 Å². The molecule has 0 spiro atoms. The highest BCUT2D eigenvalue weighted by molar-refractivity contribution is 5.91. The summed E-state index contributed by atoms with van der Waals surface area (Å²) in [6, 6.07) is 5.31. The number of methoxy groups -OCH3 is 1. The van der Waals surface area contributed by atoms with Crippen molar-refractivity contribution in [2.24, 2.45) is 0 Å². The number of hydrogen-bond donors (Lipinski definition) is 1. The Hall–Kier alpha value is -1.97. The van der Waals surface area contributed by atoms with Gasteiger partial charge in [0, 0.05) is 5.57 Å². The molecule has 0 saturated heterocycles. The predicted octanol–water partition coefficient (Wildman–Crippen LogP) is 2.58. The van der Waals surface area contributed by atoms with E-state index in [4.69, 9.17) is 14.6 Å². The van der Waals surface area contributed by atoms with Crippen molar-refractivity contribution in [1.82, 2.24) is 0 Å². The third kappa shape index (κ3) is 3.52. The van der Waals surface area contributed by atoms with E-state index in [0.717, 1.165) is 5.56 Å². The Morgan fingerprint density at radius 1 is 1.41 bits per heavy atom. The molecule has 92 valence electrons. The van der Waals surface area contributed by atoms with E-state index in [1.807, 2.05) is 6.92 Å². The summed E-state index contributed by atoms with van der Waals surface area (Å²) in [7, 11) is 1.55. The summed E-state index contributed by atoms with van der Waals surface area (Å²) in [5, 5.41) is 8.78. The molecule has 0 radical (unpaired) electrons. The molecule has 0 saturated carbocycles. The fourth-order valence-electron chi connectivity index (χ4n) is 1.36. The first kappa shape index (κ1) is 13.1. The lowest BCUT2D eigenvalue weighted by atomic mass is 10.1. The number of carbonyl (C=O) groups is 1. The normalized spacial score (nSPS) is 11.1. The number of carboxylic acids is 1. The van der Waals surface area contributed by atoms with E-state index in [2.05, 4.69) is 0 Å². The number of hydrogen-bond acceptors (Lipinski definition) is 3. The molecule has 0 aliphatic carbocycles. The first-order chi connectivity index (χ1) is 8.08. The van der Waals surface area contributed by atoms with Gasteiger partial charge in [-0.1, -0.05) is 6.07 Å². The Bertz CT molecular complexity index is 435. The van der Waals surface area contributed by atoms with E-state index < -0.39 is 5.97 Å². The molecule has 0 unspecified atom stereocenters. The van der Waals surface area contributed by atoms with Crippen molar-refractivity contribution < 1.29 is 19.4 Å². The SMILES string of the molecule is CCOc1ccc(C=C(C)C(=O)O)cc1OC. The summed E-state index contributed by atoms with van der Waals surface area (Å²) in [5.74, 6) is 0.316. The van der Waals surface area contributed by atoms with Gasteiger partial charge in [-0.15, -0.1) is 0 Å². The van der Waals surface area contributed by atoms with Crippen LogP contribution in [0.4, 0.5) is 0 Å². The zero-order valence-corrected chi connectivity index (χ0v) is 10.2. The lowest BCUT2D eigenvalue weighted by Crippen LogP contribution is -1.97. The van der Waals surface area contributed by atoms with Crippen LogP contribution in [0.5, 0.6) is 11.5 Å². The first-order valence-corrected chi connectivity index (χ1v) is 5.31. The van der Waals surface area contributed by atoms with Gasteiger partial charge in [0.25, 0.3) is 0 Å². The average molecular weight is 236 g/mol. The Morgan fingerprint density at radius 2 is 2.12 bits per heavy atom. The number of rotatable bonds is 5. The van der Waals surface area contributed by atoms with E-state index >= 15 is 0 Å². The van der Waals surface area contributed by atoms with E-state index in [-0.39, 0.29) is 5.57 Å². The Morgan fingerprint density at radius 3 is 2.65 bits per heavy atom. The molecule has 0 heterocycles. The number of carboxylic acid groups (broad SMARTS) is 1. The van der Waals surface area contributed by atoms with Crippen LogP contribution in [0.3, 0.4) is 0 Å². The van der Waals surface area contributed by atoms with E-state index in [1.165, 1.54) is 0 Å². The number of ether oxygens (including phenoxy) is 2. The molecule has 0 amide bonds. The average Bonchev–Trinajstić information content (AvgIpc) is 2.31. The van der Waals surface area contributed by atoms with Crippen LogP contribution in [0, 0.1) is 0 Å². The van der Waals surface area contributed by atoms with Gasteiger partial charge in [0.15, 0.2) is 11.5 Å². The van der Waals surface area contributed by atoms with Gasteiger partial charge >= 0.3 is 5.97 Å². The van der Waals surface area contributed by atoms with Gasteiger partial charge in [-0.3, -0.25) is 0 Å². The second-order valence-corrected chi connectivity index (χ2v) is 3.48.